The number of thiazole rings is 1. The maximum atomic E-state index is 13.1. The van der Waals surface area contributed by atoms with E-state index in [4.69, 9.17) is 9.47 Å². The molecule has 28 heavy (non-hydrogen) atoms. The lowest BCUT2D eigenvalue weighted by atomic mass is 10.2. The maximum Gasteiger partial charge on any atom is 0.187 e. The number of anilines is 2. The maximum absolute atomic E-state index is 13.1. The number of hydrogen-bond acceptors (Lipinski definition) is 5. The molecule has 140 valence electrons. The van der Waals surface area contributed by atoms with Crippen molar-refractivity contribution < 1.29 is 13.9 Å². The van der Waals surface area contributed by atoms with Gasteiger partial charge in [-0.15, -0.1) is 11.3 Å². The van der Waals surface area contributed by atoms with Gasteiger partial charge in [0.05, 0.1) is 12.8 Å². The zero-order chi connectivity index (χ0) is 19.3. The van der Waals surface area contributed by atoms with E-state index in [1.165, 1.54) is 23.5 Å². The molecule has 0 amide bonds. The summed E-state index contributed by atoms with van der Waals surface area (Å²) in [7, 11) is 1.61. The number of halogens is 1. The van der Waals surface area contributed by atoms with Crippen LogP contribution in [0.15, 0.2) is 78.2 Å². The minimum absolute atomic E-state index is 0.257. The summed E-state index contributed by atoms with van der Waals surface area (Å²) in [5.74, 6) is 1.80. The smallest absolute Gasteiger partial charge is 0.187 e. The van der Waals surface area contributed by atoms with Gasteiger partial charge in [-0.05, 0) is 60.7 Å². The van der Waals surface area contributed by atoms with Crippen molar-refractivity contribution in [1.82, 2.24) is 4.98 Å². The number of nitrogens with one attached hydrogen (secondary N) is 1. The second-order valence-corrected chi connectivity index (χ2v) is 6.81. The lowest BCUT2D eigenvalue weighted by molar-refractivity contribution is 0.379. The fourth-order valence-electron chi connectivity index (χ4n) is 2.64. The topological polar surface area (TPSA) is 43.4 Å². The van der Waals surface area contributed by atoms with Crippen LogP contribution in [0.2, 0.25) is 0 Å². The number of aromatic nitrogens is 1. The molecule has 0 spiro atoms. The summed E-state index contributed by atoms with van der Waals surface area (Å²) in [5, 5.41) is 5.97. The first-order valence-corrected chi connectivity index (χ1v) is 9.49. The molecule has 1 aromatic heterocycles. The SMILES string of the molecule is COc1ccccc1Oc1ccc(Nc2nc(-c3ccc(F)cc3)cs2)cc1. The van der Waals surface area contributed by atoms with Gasteiger partial charge in [-0.2, -0.15) is 0 Å². The highest BCUT2D eigenvalue weighted by molar-refractivity contribution is 7.14. The first kappa shape index (κ1) is 18.0. The van der Waals surface area contributed by atoms with Crippen molar-refractivity contribution in [3.63, 3.8) is 0 Å². The quantitative estimate of drug-likeness (QED) is 0.407. The van der Waals surface area contributed by atoms with Gasteiger partial charge in [0, 0.05) is 16.6 Å². The van der Waals surface area contributed by atoms with E-state index in [2.05, 4.69) is 10.3 Å². The van der Waals surface area contributed by atoms with Crippen molar-refractivity contribution in [2.24, 2.45) is 0 Å². The number of benzene rings is 3. The van der Waals surface area contributed by atoms with Crippen LogP contribution in [-0.2, 0) is 0 Å². The molecule has 0 radical (unpaired) electrons. The predicted octanol–water partition coefficient (Wildman–Crippen LogP) is 6.49. The van der Waals surface area contributed by atoms with Crippen molar-refractivity contribution in [2.45, 2.75) is 0 Å². The lowest BCUT2D eigenvalue weighted by Crippen LogP contribution is -1.92. The van der Waals surface area contributed by atoms with Crippen LogP contribution in [0.3, 0.4) is 0 Å². The summed E-state index contributed by atoms with van der Waals surface area (Å²) < 4.78 is 24.2. The zero-order valence-electron chi connectivity index (χ0n) is 15.1. The zero-order valence-corrected chi connectivity index (χ0v) is 15.9. The number of rotatable bonds is 6. The Kier molecular flexibility index (Phi) is 5.21. The molecule has 0 saturated heterocycles. The fourth-order valence-corrected chi connectivity index (χ4v) is 3.38. The van der Waals surface area contributed by atoms with Crippen LogP contribution < -0.4 is 14.8 Å². The Morgan fingerprint density at radius 1 is 0.893 bits per heavy atom. The molecule has 1 N–H and O–H groups in total. The number of hydrogen-bond donors (Lipinski definition) is 1. The van der Waals surface area contributed by atoms with Gasteiger partial charge < -0.3 is 14.8 Å². The number of nitrogens with zero attached hydrogens (tertiary/aromatic N) is 1. The van der Waals surface area contributed by atoms with E-state index < -0.39 is 0 Å². The minimum Gasteiger partial charge on any atom is -0.493 e. The molecule has 0 aliphatic heterocycles. The van der Waals surface area contributed by atoms with Gasteiger partial charge >= 0.3 is 0 Å². The van der Waals surface area contributed by atoms with E-state index >= 15 is 0 Å². The van der Waals surface area contributed by atoms with Crippen LogP contribution in [0.4, 0.5) is 15.2 Å². The van der Waals surface area contributed by atoms with Crippen LogP contribution in [0.5, 0.6) is 17.2 Å². The number of methoxy groups -OCH3 is 1. The Bertz CT molecular complexity index is 1060. The molecule has 4 aromatic rings. The van der Waals surface area contributed by atoms with E-state index in [0.717, 1.165) is 22.1 Å². The highest BCUT2D eigenvalue weighted by Crippen LogP contribution is 2.32. The van der Waals surface area contributed by atoms with Crippen LogP contribution in [0, 0.1) is 5.82 Å². The largest absolute Gasteiger partial charge is 0.493 e. The number of ether oxygens (including phenoxy) is 2. The van der Waals surface area contributed by atoms with Crippen LogP contribution >= 0.6 is 11.3 Å². The number of para-hydroxylation sites is 2. The molecule has 0 bridgehead atoms. The summed E-state index contributed by atoms with van der Waals surface area (Å²) in [5.41, 5.74) is 2.59. The van der Waals surface area contributed by atoms with E-state index in [1.54, 1.807) is 19.2 Å². The molecule has 0 saturated carbocycles. The molecule has 3 aromatic carbocycles. The highest BCUT2D eigenvalue weighted by atomic mass is 32.1. The molecule has 0 unspecified atom stereocenters. The third kappa shape index (κ3) is 4.13. The first-order chi connectivity index (χ1) is 13.7. The normalized spacial score (nSPS) is 10.5. The summed E-state index contributed by atoms with van der Waals surface area (Å²) in [4.78, 5) is 4.56. The molecule has 0 fully saturated rings. The van der Waals surface area contributed by atoms with E-state index in [9.17, 15) is 4.39 Å². The van der Waals surface area contributed by atoms with Crippen LogP contribution in [-0.4, -0.2) is 12.1 Å². The van der Waals surface area contributed by atoms with Crippen molar-refractivity contribution >= 4 is 22.2 Å². The third-order valence-corrected chi connectivity index (χ3v) is 4.80. The van der Waals surface area contributed by atoms with Gasteiger partial charge in [-0.3, -0.25) is 0 Å². The summed E-state index contributed by atoms with van der Waals surface area (Å²) in [6, 6.07) is 21.4. The summed E-state index contributed by atoms with van der Waals surface area (Å²) >= 11 is 1.49. The van der Waals surface area contributed by atoms with Crippen molar-refractivity contribution in [3.8, 4) is 28.5 Å². The van der Waals surface area contributed by atoms with Crippen LogP contribution in [0.25, 0.3) is 11.3 Å². The van der Waals surface area contributed by atoms with E-state index in [1.807, 2.05) is 53.9 Å². The fraction of sp³-hybridized carbons (Fsp3) is 0.0455. The summed E-state index contributed by atoms with van der Waals surface area (Å²) in [6.45, 7) is 0. The second kappa shape index (κ2) is 8.10. The predicted molar refractivity (Wildman–Crippen MR) is 110 cm³/mol. The molecule has 0 aliphatic carbocycles. The van der Waals surface area contributed by atoms with Gasteiger partial charge in [0.25, 0.3) is 0 Å². The monoisotopic (exact) mass is 392 g/mol. The van der Waals surface area contributed by atoms with Gasteiger partial charge in [0.15, 0.2) is 16.6 Å². The highest BCUT2D eigenvalue weighted by Gasteiger charge is 2.07. The molecule has 1 heterocycles. The van der Waals surface area contributed by atoms with Crippen molar-refractivity contribution in [1.29, 1.82) is 0 Å². The lowest BCUT2D eigenvalue weighted by Gasteiger charge is -2.10. The van der Waals surface area contributed by atoms with Crippen LogP contribution in [0.1, 0.15) is 0 Å². The molecule has 6 heteroatoms. The van der Waals surface area contributed by atoms with Gasteiger partial charge in [-0.1, -0.05) is 12.1 Å². The standard InChI is InChI=1S/C22H17FN2O2S/c1-26-20-4-2-3-5-21(20)27-18-12-10-17(11-13-18)24-22-25-19(14-28-22)15-6-8-16(23)9-7-15/h2-14H,1H3,(H,24,25). The van der Waals surface area contributed by atoms with E-state index in [0.29, 0.717) is 17.2 Å². The third-order valence-electron chi connectivity index (χ3n) is 4.05. The molecule has 0 aliphatic rings. The first-order valence-electron chi connectivity index (χ1n) is 8.61. The molecular weight excluding hydrogens is 375 g/mol. The average Bonchev–Trinajstić information content (AvgIpc) is 3.19. The Hall–Kier alpha value is -3.38. The van der Waals surface area contributed by atoms with Crippen molar-refractivity contribution in [2.75, 3.05) is 12.4 Å². The molecule has 4 nitrogen and oxygen atoms in total. The Morgan fingerprint density at radius 2 is 1.61 bits per heavy atom. The Labute approximate surface area is 166 Å². The molecule has 0 atom stereocenters. The van der Waals surface area contributed by atoms with Gasteiger partial charge in [-0.25, -0.2) is 9.37 Å². The van der Waals surface area contributed by atoms with E-state index in [-0.39, 0.29) is 5.82 Å². The van der Waals surface area contributed by atoms with Gasteiger partial charge in [0.2, 0.25) is 0 Å². The minimum atomic E-state index is -0.257. The van der Waals surface area contributed by atoms with Crippen molar-refractivity contribution in [3.05, 3.63) is 84.0 Å². The molecule has 4 rings (SSSR count). The Balaban J connectivity index is 1.44. The summed E-state index contributed by atoms with van der Waals surface area (Å²) in [6.07, 6.45) is 0. The van der Waals surface area contributed by atoms with Gasteiger partial charge in [0.1, 0.15) is 11.6 Å². The Morgan fingerprint density at radius 3 is 2.32 bits per heavy atom. The second-order valence-electron chi connectivity index (χ2n) is 5.95. The average molecular weight is 392 g/mol. The molecular formula is C22H17FN2O2S.